The fraction of sp³-hybridized carbons (Fsp3) is 0.0385. The quantitative estimate of drug-likeness (QED) is 0.185. The van der Waals surface area contributed by atoms with E-state index >= 15 is 0 Å². The molecular weight excluding hydrogens is 697 g/mol. The highest BCUT2D eigenvalue weighted by atomic mass is 16.3. The summed E-state index contributed by atoms with van der Waals surface area (Å²) in [6, 6.07) is 67.3. The van der Waals surface area contributed by atoms with Crippen LogP contribution in [-0.4, -0.2) is 9.13 Å². The Labute approximate surface area is 328 Å². The summed E-state index contributed by atoms with van der Waals surface area (Å²) in [7, 11) is 0. The van der Waals surface area contributed by atoms with Gasteiger partial charge in [-0.25, -0.2) is 0 Å². The molecule has 0 radical (unpaired) electrons. The van der Waals surface area contributed by atoms with Crippen molar-refractivity contribution < 1.29 is 4.42 Å². The number of para-hydroxylation sites is 3. The van der Waals surface area contributed by atoms with Crippen LogP contribution < -0.4 is 10.6 Å². The van der Waals surface area contributed by atoms with Gasteiger partial charge in [0.15, 0.2) is 0 Å². The number of nitrogens with one attached hydrogen (secondary N) is 2. The van der Waals surface area contributed by atoms with Crippen LogP contribution in [0.1, 0.15) is 28.9 Å². The Kier molecular flexibility index (Phi) is 7.06. The first kappa shape index (κ1) is 32.0. The standard InChI is InChI=1S/C52H36N4O/c1-4-15-33(16-5-1)40-32-41(34-17-6-2-7-18-34)54-52(53-40)35-19-14-22-37(31-35)56-44-28-27-43-48(38-23-10-12-25-42(38)55(43)36-20-8-3-9-21-36)50(44)51-45(56)29-30-47-49(51)39-24-11-13-26-46(39)57-47/h1-32,40,52-54H. The molecule has 5 nitrogen and oxygen atoms in total. The number of benzene rings is 8. The van der Waals surface area contributed by atoms with E-state index < -0.39 is 0 Å². The molecule has 0 aliphatic carbocycles. The molecule has 4 heterocycles. The average molecular weight is 733 g/mol. The van der Waals surface area contributed by atoms with E-state index in [1.807, 2.05) is 0 Å². The van der Waals surface area contributed by atoms with E-state index in [1.165, 1.54) is 43.7 Å². The van der Waals surface area contributed by atoms with Crippen LogP contribution in [0.25, 0.3) is 82.6 Å². The molecule has 2 unspecified atom stereocenters. The fourth-order valence-electron chi connectivity index (χ4n) is 9.31. The number of hydrogen-bond donors (Lipinski definition) is 2. The minimum atomic E-state index is -0.136. The predicted molar refractivity (Wildman–Crippen MR) is 235 cm³/mol. The van der Waals surface area contributed by atoms with Gasteiger partial charge in [-0.15, -0.1) is 0 Å². The summed E-state index contributed by atoms with van der Waals surface area (Å²) in [5.74, 6) is 0. The smallest absolute Gasteiger partial charge is 0.136 e. The molecule has 0 saturated heterocycles. The van der Waals surface area contributed by atoms with E-state index in [4.69, 9.17) is 4.42 Å². The van der Waals surface area contributed by atoms with Crippen LogP contribution in [0.2, 0.25) is 0 Å². The van der Waals surface area contributed by atoms with Gasteiger partial charge < -0.3 is 18.9 Å². The molecule has 2 N–H and O–H groups in total. The van der Waals surface area contributed by atoms with Crippen molar-refractivity contribution >= 4 is 71.2 Å². The number of rotatable bonds is 5. The molecule has 0 amide bonds. The summed E-state index contributed by atoms with van der Waals surface area (Å²) in [6.45, 7) is 0. The van der Waals surface area contributed by atoms with E-state index in [0.717, 1.165) is 55.6 Å². The first-order valence-corrected chi connectivity index (χ1v) is 19.6. The van der Waals surface area contributed by atoms with Gasteiger partial charge in [0.1, 0.15) is 17.3 Å². The highest BCUT2D eigenvalue weighted by molar-refractivity contribution is 6.35. The Morgan fingerprint density at radius 3 is 1.82 bits per heavy atom. The fourth-order valence-corrected chi connectivity index (χ4v) is 9.31. The predicted octanol–water partition coefficient (Wildman–Crippen LogP) is 12.8. The zero-order valence-electron chi connectivity index (χ0n) is 30.9. The van der Waals surface area contributed by atoms with Gasteiger partial charge in [0, 0.05) is 49.4 Å². The van der Waals surface area contributed by atoms with Crippen LogP contribution >= 0.6 is 0 Å². The van der Waals surface area contributed by atoms with Crippen molar-refractivity contribution in [3.8, 4) is 11.4 Å². The Morgan fingerprint density at radius 1 is 0.421 bits per heavy atom. The molecule has 0 fully saturated rings. The van der Waals surface area contributed by atoms with Crippen molar-refractivity contribution in [3.63, 3.8) is 0 Å². The molecule has 270 valence electrons. The number of fused-ring (bicyclic) bond motifs is 11. The molecule has 12 rings (SSSR count). The Morgan fingerprint density at radius 2 is 1.02 bits per heavy atom. The summed E-state index contributed by atoms with van der Waals surface area (Å²) < 4.78 is 11.4. The van der Waals surface area contributed by atoms with Crippen molar-refractivity contribution in [2.24, 2.45) is 0 Å². The van der Waals surface area contributed by atoms with E-state index in [-0.39, 0.29) is 12.2 Å². The molecular formula is C52H36N4O. The molecule has 5 heteroatoms. The maximum absolute atomic E-state index is 6.55. The van der Waals surface area contributed by atoms with Crippen LogP contribution in [0.4, 0.5) is 0 Å². The van der Waals surface area contributed by atoms with Crippen LogP contribution in [0.3, 0.4) is 0 Å². The lowest BCUT2D eigenvalue weighted by molar-refractivity contribution is 0.442. The van der Waals surface area contributed by atoms with Crippen molar-refractivity contribution in [2.45, 2.75) is 12.2 Å². The largest absolute Gasteiger partial charge is 0.456 e. The van der Waals surface area contributed by atoms with Crippen LogP contribution in [0.5, 0.6) is 0 Å². The summed E-state index contributed by atoms with van der Waals surface area (Å²) in [6.07, 6.45) is 2.17. The van der Waals surface area contributed by atoms with Gasteiger partial charge in [-0.2, -0.15) is 0 Å². The van der Waals surface area contributed by atoms with Gasteiger partial charge in [0.2, 0.25) is 0 Å². The third-order valence-corrected chi connectivity index (χ3v) is 11.8. The Bertz CT molecular complexity index is 3360. The average Bonchev–Trinajstić information content (AvgIpc) is 3.95. The lowest BCUT2D eigenvalue weighted by atomic mass is 9.98. The molecule has 3 aromatic heterocycles. The summed E-state index contributed by atoms with van der Waals surface area (Å²) >= 11 is 0. The van der Waals surface area contributed by atoms with E-state index in [9.17, 15) is 0 Å². The zero-order chi connectivity index (χ0) is 37.5. The second kappa shape index (κ2) is 12.6. The van der Waals surface area contributed by atoms with Crippen molar-refractivity contribution in [1.82, 2.24) is 19.8 Å². The number of furan rings is 1. The number of hydrogen-bond acceptors (Lipinski definition) is 3. The van der Waals surface area contributed by atoms with E-state index in [0.29, 0.717) is 0 Å². The van der Waals surface area contributed by atoms with Gasteiger partial charge in [0.25, 0.3) is 0 Å². The van der Waals surface area contributed by atoms with Crippen LogP contribution in [0.15, 0.2) is 199 Å². The van der Waals surface area contributed by atoms with Gasteiger partial charge in [-0.05, 0) is 83.4 Å². The molecule has 0 saturated carbocycles. The minimum Gasteiger partial charge on any atom is -0.456 e. The monoisotopic (exact) mass is 732 g/mol. The topological polar surface area (TPSA) is 47.1 Å². The van der Waals surface area contributed by atoms with Gasteiger partial charge in [-0.3, -0.25) is 5.32 Å². The van der Waals surface area contributed by atoms with Crippen LogP contribution in [0, 0.1) is 0 Å². The molecule has 11 aromatic rings. The first-order chi connectivity index (χ1) is 28.3. The maximum Gasteiger partial charge on any atom is 0.136 e. The van der Waals surface area contributed by atoms with E-state index in [2.05, 4.69) is 214 Å². The lowest BCUT2D eigenvalue weighted by Gasteiger charge is -2.33. The number of aromatic nitrogens is 2. The van der Waals surface area contributed by atoms with Crippen LogP contribution in [-0.2, 0) is 0 Å². The second-order valence-electron chi connectivity index (χ2n) is 15.0. The minimum absolute atomic E-state index is 0.0300. The zero-order valence-corrected chi connectivity index (χ0v) is 30.9. The normalized spacial score (nSPS) is 15.9. The molecule has 57 heavy (non-hydrogen) atoms. The lowest BCUT2D eigenvalue weighted by Crippen LogP contribution is -2.39. The Balaban J connectivity index is 1.12. The molecule has 0 spiro atoms. The molecule has 2 atom stereocenters. The SMILES string of the molecule is C1=C(c2ccccc2)NC(c2cccc(-n3c4ccc5oc6ccccc6c5c4c4c5c6ccccc6n(-c6ccccc6)c5ccc43)c2)NC1c1ccccc1. The summed E-state index contributed by atoms with van der Waals surface area (Å²) in [5, 5.41) is 14.9. The van der Waals surface area contributed by atoms with Crippen molar-refractivity contribution in [1.29, 1.82) is 0 Å². The van der Waals surface area contributed by atoms with Crippen molar-refractivity contribution in [2.75, 3.05) is 0 Å². The van der Waals surface area contributed by atoms with Gasteiger partial charge >= 0.3 is 0 Å². The highest BCUT2D eigenvalue weighted by Crippen LogP contribution is 2.46. The van der Waals surface area contributed by atoms with Gasteiger partial charge in [-0.1, -0.05) is 127 Å². The molecule has 1 aliphatic heterocycles. The number of nitrogens with zero attached hydrogens (tertiary/aromatic N) is 2. The highest BCUT2D eigenvalue weighted by Gasteiger charge is 2.27. The third-order valence-electron chi connectivity index (χ3n) is 11.8. The molecule has 8 aromatic carbocycles. The molecule has 0 bridgehead atoms. The summed E-state index contributed by atoms with van der Waals surface area (Å²) in [4.78, 5) is 0. The third kappa shape index (κ3) is 4.93. The van der Waals surface area contributed by atoms with Crippen molar-refractivity contribution in [3.05, 3.63) is 211 Å². The van der Waals surface area contributed by atoms with Gasteiger partial charge in [0.05, 0.1) is 28.1 Å². The summed E-state index contributed by atoms with van der Waals surface area (Å²) in [5.41, 5.74) is 13.3. The Hall–Kier alpha value is -7.34. The maximum atomic E-state index is 6.55. The molecule has 1 aliphatic rings. The first-order valence-electron chi connectivity index (χ1n) is 19.6. The van der Waals surface area contributed by atoms with E-state index in [1.54, 1.807) is 0 Å². The second-order valence-corrected chi connectivity index (χ2v) is 15.0.